The van der Waals surface area contributed by atoms with E-state index in [0.29, 0.717) is 19.6 Å². The van der Waals surface area contributed by atoms with Crippen LogP contribution in [0, 0.1) is 0 Å². The molecule has 2 aliphatic rings. The van der Waals surface area contributed by atoms with E-state index in [1.807, 2.05) is 35.5 Å². The molecule has 1 saturated heterocycles. The zero-order valence-corrected chi connectivity index (χ0v) is 18.5. The maximum absolute atomic E-state index is 12.0. The van der Waals surface area contributed by atoms with Crippen LogP contribution in [-0.2, 0) is 20.7 Å². The van der Waals surface area contributed by atoms with Crippen molar-refractivity contribution < 1.29 is 14.3 Å². The lowest BCUT2D eigenvalue weighted by Crippen LogP contribution is -2.48. The number of nitrogens with one attached hydrogen (secondary N) is 3. The Balaban J connectivity index is 1.21. The van der Waals surface area contributed by atoms with Gasteiger partial charge in [0.25, 0.3) is 0 Å². The maximum atomic E-state index is 12.0. The van der Waals surface area contributed by atoms with Gasteiger partial charge in [0.1, 0.15) is 11.5 Å². The van der Waals surface area contributed by atoms with E-state index in [1.165, 1.54) is 5.69 Å². The number of carbonyl (C=O) groups excluding carboxylic acids is 1. The topological polar surface area (TPSA) is 94.7 Å². The van der Waals surface area contributed by atoms with Gasteiger partial charge in [-0.05, 0) is 49.6 Å². The second-order valence-electron chi connectivity index (χ2n) is 7.96. The average Bonchev–Trinajstić information content (AvgIpc) is 3.55. The van der Waals surface area contributed by atoms with Gasteiger partial charge in [-0.15, -0.1) is 0 Å². The molecule has 0 aliphatic carbocycles. The Labute approximate surface area is 188 Å². The number of carbonyl (C=O) groups is 1. The van der Waals surface area contributed by atoms with Crippen molar-refractivity contribution in [3.05, 3.63) is 65.1 Å². The first-order valence-electron chi connectivity index (χ1n) is 11.2. The number of allylic oxidation sites excluding steroid dienone is 1. The van der Waals surface area contributed by atoms with Gasteiger partial charge in [0.05, 0.1) is 31.7 Å². The third-order valence-electron chi connectivity index (χ3n) is 5.56. The number of aromatic nitrogens is 2. The number of hydrogen-bond donors (Lipinski definition) is 3. The Hall–Kier alpha value is -3.10. The Bertz CT molecular complexity index is 981. The summed E-state index contributed by atoms with van der Waals surface area (Å²) in [5.74, 6) is 0.847. The van der Waals surface area contributed by atoms with Gasteiger partial charge in [-0.3, -0.25) is 10.2 Å². The summed E-state index contributed by atoms with van der Waals surface area (Å²) in [5.41, 5.74) is 7.78. The normalized spacial score (nSPS) is 18.0. The minimum Gasteiger partial charge on any atom is -0.494 e. The molecule has 1 amide bonds. The monoisotopic (exact) mass is 437 g/mol. The first-order chi connectivity index (χ1) is 15.7. The molecular weight excluding hydrogens is 406 g/mol. The molecule has 0 unspecified atom stereocenters. The molecule has 0 spiro atoms. The number of amides is 1. The van der Waals surface area contributed by atoms with Crippen molar-refractivity contribution in [3.63, 3.8) is 0 Å². The molecule has 4 rings (SSSR count). The van der Waals surface area contributed by atoms with E-state index in [-0.39, 0.29) is 5.91 Å². The molecule has 3 N–H and O–H groups in total. The Morgan fingerprint density at radius 2 is 2.12 bits per heavy atom. The van der Waals surface area contributed by atoms with Crippen LogP contribution in [0.3, 0.4) is 0 Å². The number of nitrogens with zero attached hydrogens (tertiary/aromatic N) is 2. The number of ether oxygens (including phenoxy) is 2. The molecule has 2 aromatic rings. The van der Waals surface area contributed by atoms with Crippen LogP contribution < -0.4 is 5.43 Å². The third kappa shape index (κ3) is 5.99. The lowest BCUT2D eigenvalue weighted by molar-refractivity contribution is -0.128. The summed E-state index contributed by atoms with van der Waals surface area (Å²) >= 11 is 0. The molecule has 0 aromatic carbocycles. The molecule has 2 aromatic heterocycles. The lowest BCUT2D eigenvalue weighted by Gasteiger charge is -2.26. The summed E-state index contributed by atoms with van der Waals surface area (Å²) < 4.78 is 10.8. The van der Waals surface area contributed by atoms with Gasteiger partial charge in [-0.2, -0.15) is 0 Å². The van der Waals surface area contributed by atoms with Crippen molar-refractivity contribution in [1.82, 2.24) is 20.4 Å². The summed E-state index contributed by atoms with van der Waals surface area (Å²) in [6, 6.07) is 8.12. The van der Waals surface area contributed by atoms with Gasteiger partial charge in [0.2, 0.25) is 5.91 Å². The molecule has 0 radical (unpaired) electrons. The van der Waals surface area contributed by atoms with Crippen LogP contribution in [0.4, 0.5) is 0 Å². The Morgan fingerprint density at radius 1 is 1.25 bits per heavy atom. The number of aliphatic imine (C=N–C) groups is 1. The molecule has 0 atom stereocenters. The van der Waals surface area contributed by atoms with Crippen LogP contribution in [0.5, 0.6) is 0 Å². The second kappa shape index (κ2) is 11.0. The number of hydrogen-bond acceptors (Lipinski definition) is 5. The van der Waals surface area contributed by atoms with Gasteiger partial charge in [0.15, 0.2) is 0 Å². The molecular formula is C24H31N5O3. The SMILES string of the molecule is COC1=CC(c2ccc[nH]2)=N/C1=C/c1ccc(CCCCCC(=O)NN2CCOCC2)[nH]1. The van der Waals surface area contributed by atoms with Crippen molar-refractivity contribution in [1.29, 1.82) is 0 Å². The van der Waals surface area contributed by atoms with Crippen molar-refractivity contribution in [2.24, 2.45) is 4.99 Å². The maximum Gasteiger partial charge on any atom is 0.234 e. The van der Waals surface area contributed by atoms with E-state index in [0.717, 1.165) is 67.3 Å². The number of hydrazine groups is 1. The number of methoxy groups -OCH3 is 1. The summed E-state index contributed by atoms with van der Waals surface area (Å²) in [5, 5.41) is 1.94. The van der Waals surface area contributed by atoms with E-state index in [2.05, 4.69) is 27.5 Å². The standard InChI is InChI=1S/C24H31N5O3/c1-31-23-17-21(20-7-5-11-25-20)27-22(23)16-19-10-9-18(26-19)6-3-2-4-8-24(30)28-29-12-14-32-15-13-29/h5,7,9-11,16-17,25-26H,2-4,6,8,12-15H2,1H3,(H,28,30)/b22-16+. The molecule has 8 heteroatoms. The molecule has 0 bridgehead atoms. The van der Waals surface area contributed by atoms with Crippen molar-refractivity contribution in [3.8, 4) is 0 Å². The zero-order chi connectivity index (χ0) is 22.2. The number of unbranched alkanes of at least 4 members (excludes halogenated alkanes) is 2. The van der Waals surface area contributed by atoms with Crippen molar-refractivity contribution >= 4 is 17.7 Å². The van der Waals surface area contributed by atoms with E-state index < -0.39 is 0 Å². The molecule has 0 saturated carbocycles. The number of morpholine rings is 1. The summed E-state index contributed by atoms with van der Waals surface area (Å²) in [6.07, 6.45) is 10.3. The highest BCUT2D eigenvalue weighted by Crippen LogP contribution is 2.24. The largest absolute Gasteiger partial charge is 0.494 e. The predicted molar refractivity (Wildman–Crippen MR) is 124 cm³/mol. The number of rotatable bonds is 10. The fraction of sp³-hybridized carbons (Fsp3) is 0.417. The second-order valence-corrected chi connectivity index (χ2v) is 7.96. The average molecular weight is 438 g/mol. The van der Waals surface area contributed by atoms with Crippen molar-refractivity contribution in [2.75, 3.05) is 33.4 Å². The number of aromatic amines is 2. The third-order valence-corrected chi connectivity index (χ3v) is 5.56. The van der Waals surface area contributed by atoms with Crippen LogP contribution in [-0.4, -0.2) is 60.0 Å². The van der Waals surface area contributed by atoms with Crippen LogP contribution in [0.1, 0.15) is 42.8 Å². The first kappa shape index (κ1) is 22.1. The molecule has 32 heavy (non-hydrogen) atoms. The Morgan fingerprint density at radius 3 is 2.91 bits per heavy atom. The Kier molecular flexibility index (Phi) is 7.58. The number of H-pyrrole nitrogens is 2. The van der Waals surface area contributed by atoms with Gasteiger partial charge in [-0.25, -0.2) is 10.0 Å². The molecule has 4 heterocycles. The summed E-state index contributed by atoms with van der Waals surface area (Å²) in [4.78, 5) is 23.3. The van der Waals surface area contributed by atoms with Gasteiger partial charge in [-0.1, -0.05) is 6.42 Å². The number of aryl methyl sites for hydroxylation is 1. The molecule has 170 valence electrons. The fourth-order valence-corrected chi connectivity index (χ4v) is 3.83. The van der Waals surface area contributed by atoms with E-state index in [4.69, 9.17) is 14.5 Å². The fourth-order valence-electron chi connectivity index (χ4n) is 3.83. The van der Waals surface area contributed by atoms with Crippen molar-refractivity contribution in [2.45, 2.75) is 32.1 Å². The van der Waals surface area contributed by atoms with E-state index in [9.17, 15) is 4.79 Å². The van der Waals surface area contributed by atoms with Crippen LogP contribution in [0.2, 0.25) is 0 Å². The molecule has 8 nitrogen and oxygen atoms in total. The van der Waals surface area contributed by atoms with Gasteiger partial charge < -0.3 is 19.4 Å². The highest BCUT2D eigenvalue weighted by Gasteiger charge is 2.17. The lowest BCUT2D eigenvalue weighted by atomic mass is 10.1. The highest BCUT2D eigenvalue weighted by molar-refractivity contribution is 6.11. The van der Waals surface area contributed by atoms with Crippen LogP contribution in [0.25, 0.3) is 6.08 Å². The molecule has 2 aliphatic heterocycles. The minimum absolute atomic E-state index is 0.0959. The zero-order valence-electron chi connectivity index (χ0n) is 18.5. The minimum atomic E-state index is 0.0959. The predicted octanol–water partition coefficient (Wildman–Crippen LogP) is 3.18. The quantitative estimate of drug-likeness (QED) is 0.498. The first-order valence-corrected chi connectivity index (χ1v) is 11.2. The van der Waals surface area contributed by atoms with Gasteiger partial charge >= 0.3 is 0 Å². The smallest absolute Gasteiger partial charge is 0.234 e. The highest BCUT2D eigenvalue weighted by atomic mass is 16.5. The van der Waals surface area contributed by atoms with E-state index >= 15 is 0 Å². The van der Waals surface area contributed by atoms with E-state index in [1.54, 1.807) is 7.11 Å². The molecule has 1 fully saturated rings. The summed E-state index contributed by atoms with van der Waals surface area (Å²) in [6.45, 7) is 2.88. The van der Waals surface area contributed by atoms with Crippen LogP contribution in [0.15, 0.2) is 53.0 Å². The van der Waals surface area contributed by atoms with Gasteiger partial charge in [0, 0.05) is 43.2 Å². The van der Waals surface area contributed by atoms with Crippen LogP contribution >= 0.6 is 0 Å². The summed E-state index contributed by atoms with van der Waals surface area (Å²) in [7, 11) is 1.66.